The molecular weight excluding hydrogens is 404 g/mol. The van der Waals surface area contributed by atoms with Gasteiger partial charge in [0.25, 0.3) is 0 Å². The Morgan fingerprint density at radius 2 is 1.90 bits per heavy atom. The molecule has 0 aliphatic carbocycles. The van der Waals surface area contributed by atoms with Gasteiger partial charge in [0.15, 0.2) is 0 Å². The van der Waals surface area contributed by atoms with E-state index in [1.165, 1.54) is 23.5 Å². The molecule has 1 unspecified atom stereocenters. The SMILES string of the molecule is COc1ccc(S(=O)(=O)N(CCc2ccccc2)CC(=O)NCC2CCCO2)cc1. The number of sulfonamides is 1. The monoisotopic (exact) mass is 432 g/mol. The third kappa shape index (κ3) is 6.04. The molecule has 0 saturated carbocycles. The van der Waals surface area contributed by atoms with Crippen LogP contribution in [0.3, 0.4) is 0 Å². The van der Waals surface area contributed by atoms with Crippen LogP contribution >= 0.6 is 0 Å². The quantitative estimate of drug-likeness (QED) is 0.622. The second kappa shape index (κ2) is 10.6. The lowest BCUT2D eigenvalue weighted by molar-refractivity contribution is -0.121. The van der Waals surface area contributed by atoms with Crippen LogP contribution in [-0.4, -0.2) is 58.1 Å². The smallest absolute Gasteiger partial charge is 0.243 e. The van der Waals surface area contributed by atoms with Crippen molar-refractivity contribution in [1.29, 1.82) is 0 Å². The molecule has 1 atom stereocenters. The lowest BCUT2D eigenvalue weighted by Crippen LogP contribution is -2.43. The third-order valence-electron chi connectivity index (χ3n) is 5.06. The maximum absolute atomic E-state index is 13.2. The number of carbonyl (C=O) groups excluding carboxylic acids is 1. The lowest BCUT2D eigenvalue weighted by atomic mass is 10.1. The molecule has 1 saturated heterocycles. The first-order valence-electron chi connectivity index (χ1n) is 10.1. The van der Waals surface area contributed by atoms with Crippen molar-refractivity contribution in [2.75, 3.05) is 33.4 Å². The van der Waals surface area contributed by atoms with Crippen molar-refractivity contribution in [1.82, 2.24) is 9.62 Å². The fraction of sp³-hybridized carbons (Fsp3) is 0.409. The summed E-state index contributed by atoms with van der Waals surface area (Å²) in [4.78, 5) is 12.6. The van der Waals surface area contributed by atoms with E-state index in [4.69, 9.17) is 9.47 Å². The van der Waals surface area contributed by atoms with Crippen molar-refractivity contribution in [3.05, 3.63) is 60.2 Å². The van der Waals surface area contributed by atoms with Crippen LogP contribution < -0.4 is 10.1 Å². The zero-order chi connectivity index (χ0) is 21.4. The Kier molecular flexibility index (Phi) is 7.84. The number of nitrogens with one attached hydrogen (secondary N) is 1. The highest BCUT2D eigenvalue weighted by atomic mass is 32.2. The summed E-state index contributed by atoms with van der Waals surface area (Å²) in [6, 6.07) is 15.8. The Hall–Kier alpha value is -2.42. The van der Waals surface area contributed by atoms with Crippen LogP contribution in [0.15, 0.2) is 59.5 Å². The molecule has 8 heteroatoms. The predicted molar refractivity (Wildman–Crippen MR) is 114 cm³/mol. The highest BCUT2D eigenvalue weighted by Crippen LogP contribution is 2.20. The second-order valence-electron chi connectivity index (χ2n) is 7.19. The van der Waals surface area contributed by atoms with Crippen molar-refractivity contribution < 1.29 is 22.7 Å². The number of hydrogen-bond donors (Lipinski definition) is 1. The molecule has 0 radical (unpaired) electrons. The Labute approximate surface area is 178 Å². The Morgan fingerprint density at radius 1 is 1.17 bits per heavy atom. The van der Waals surface area contributed by atoms with E-state index in [1.807, 2.05) is 30.3 Å². The molecule has 1 N–H and O–H groups in total. The first-order chi connectivity index (χ1) is 14.5. The molecule has 1 aliphatic heterocycles. The summed E-state index contributed by atoms with van der Waals surface area (Å²) in [5, 5.41) is 2.81. The van der Waals surface area contributed by atoms with E-state index in [2.05, 4.69) is 5.32 Å². The Morgan fingerprint density at radius 3 is 2.53 bits per heavy atom. The number of methoxy groups -OCH3 is 1. The molecule has 0 spiro atoms. The van der Waals surface area contributed by atoms with Crippen LogP contribution in [0.5, 0.6) is 5.75 Å². The average Bonchev–Trinajstić information content (AvgIpc) is 3.29. The molecule has 3 rings (SSSR count). The number of amides is 1. The number of rotatable bonds is 10. The van der Waals surface area contributed by atoms with Gasteiger partial charge in [0.05, 0.1) is 24.7 Å². The minimum atomic E-state index is -3.84. The molecule has 162 valence electrons. The van der Waals surface area contributed by atoms with E-state index in [0.717, 1.165) is 18.4 Å². The largest absolute Gasteiger partial charge is 0.497 e. The summed E-state index contributed by atoms with van der Waals surface area (Å²) < 4.78 is 38.3. The summed E-state index contributed by atoms with van der Waals surface area (Å²) in [7, 11) is -2.32. The second-order valence-corrected chi connectivity index (χ2v) is 9.13. The van der Waals surface area contributed by atoms with E-state index >= 15 is 0 Å². The van der Waals surface area contributed by atoms with Gasteiger partial charge in [0.1, 0.15) is 5.75 Å². The van der Waals surface area contributed by atoms with Gasteiger partial charge in [-0.2, -0.15) is 4.31 Å². The maximum Gasteiger partial charge on any atom is 0.243 e. The minimum Gasteiger partial charge on any atom is -0.497 e. The molecule has 1 amide bonds. The lowest BCUT2D eigenvalue weighted by Gasteiger charge is -2.22. The van der Waals surface area contributed by atoms with Crippen LogP contribution in [0.2, 0.25) is 0 Å². The number of ether oxygens (including phenoxy) is 2. The van der Waals surface area contributed by atoms with Crippen molar-refractivity contribution in [2.24, 2.45) is 0 Å². The summed E-state index contributed by atoms with van der Waals surface area (Å²) in [6.07, 6.45) is 2.40. The summed E-state index contributed by atoms with van der Waals surface area (Å²) in [5.74, 6) is 0.231. The van der Waals surface area contributed by atoms with Crippen molar-refractivity contribution in [3.8, 4) is 5.75 Å². The first kappa shape index (κ1) is 22.3. The van der Waals surface area contributed by atoms with Gasteiger partial charge in [-0.3, -0.25) is 4.79 Å². The van der Waals surface area contributed by atoms with E-state index in [-0.39, 0.29) is 30.0 Å². The first-order valence-corrected chi connectivity index (χ1v) is 11.5. The highest BCUT2D eigenvalue weighted by Gasteiger charge is 2.27. The predicted octanol–water partition coefficient (Wildman–Crippen LogP) is 2.22. The van der Waals surface area contributed by atoms with Gasteiger partial charge < -0.3 is 14.8 Å². The molecule has 0 aromatic heterocycles. The number of hydrogen-bond acceptors (Lipinski definition) is 5. The van der Waals surface area contributed by atoms with Crippen molar-refractivity contribution >= 4 is 15.9 Å². The Balaban J connectivity index is 1.72. The van der Waals surface area contributed by atoms with Crippen LogP contribution in [0.1, 0.15) is 18.4 Å². The summed E-state index contributed by atoms with van der Waals surface area (Å²) >= 11 is 0. The summed E-state index contributed by atoms with van der Waals surface area (Å²) in [6.45, 7) is 1.06. The van der Waals surface area contributed by atoms with Crippen LogP contribution in [0, 0.1) is 0 Å². The van der Waals surface area contributed by atoms with Gasteiger partial charge in [-0.15, -0.1) is 0 Å². The standard InChI is InChI=1S/C22H28N2O5S/c1-28-19-9-11-21(12-10-19)30(26,27)24(14-13-18-6-3-2-4-7-18)17-22(25)23-16-20-8-5-15-29-20/h2-4,6-7,9-12,20H,5,8,13-17H2,1H3,(H,23,25). The number of carbonyl (C=O) groups is 1. The molecule has 30 heavy (non-hydrogen) atoms. The van der Waals surface area contributed by atoms with E-state index in [0.29, 0.717) is 25.3 Å². The normalized spacial score (nSPS) is 16.5. The van der Waals surface area contributed by atoms with Crippen LogP contribution in [0.25, 0.3) is 0 Å². The van der Waals surface area contributed by atoms with E-state index < -0.39 is 10.0 Å². The number of nitrogens with zero attached hydrogens (tertiary/aromatic N) is 1. The van der Waals surface area contributed by atoms with Gasteiger partial charge >= 0.3 is 0 Å². The van der Waals surface area contributed by atoms with Crippen LogP contribution in [-0.2, 0) is 26.0 Å². The van der Waals surface area contributed by atoms with E-state index in [9.17, 15) is 13.2 Å². The topological polar surface area (TPSA) is 84.9 Å². The van der Waals surface area contributed by atoms with Gasteiger partial charge in [0.2, 0.25) is 15.9 Å². The van der Waals surface area contributed by atoms with Crippen molar-refractivity contribution in [3.63, 3.8) is 0 Å². The minimum absolute atomic E-state index is 0.00455. The zero-order valence-electron chi connectivity index (χ0n) is 17.1. The van der Waals surface area contributed by atoms with Crippen LogP contribution in [0.4, 0.5) is 0 Å². The molecule has 7 nitrogen and oxygen atoms in total. The summed E-state index contributed by atoms with van der Waals surface area (Å²) in [5.41, 5.74) is 1.01. The van der Waals surface area contributed by atoms with Crippen molar-refractivity contribution in [2.45, 2.75) is 30.3 Å². The molecule has 1 aliphatic rings. The molecule has 0 bridgehead atoms. The van der Waals surface area contributed by atoms with E-state index in [1.54, 1.807) is 12.1 Å². The van der Waals surface area contributed by atoms with Gasteiger partial charge in [-0.05, 0) is 49.1 Å². The fourth-order valence-corrected chi connectivity index (χ4v) is 4.73. The molecular formula is C22H28N2O5S. The average molecular weight is 433 g/mol. The zero-order valence-corrected chi connectivity index (χ0v) is 17.9. The number of benzene rings is 2. The molecule has 2 aromatic rings. The Bertz CT molecular complexity index is 910. The van der Waals surface area contributed by atoms with Gasteiger partial charge in [-0.1, -0.05) is 30.3 Å². The van der Waals surface area contributed by atoms with Gasteiger partial charge in [0, 0.05) is 19.7 Å². The maximum atomic E-state index is 13.2. The fourth-order valence-electron chi connectivity index (χ4n) is 3.33. The van der Waals surface area contributed by atoms with Gasteiger partial charge in [-0.25, -0.2) is 8.42 Å². The molecule has 2 aromatic carbocycles. The highest BCUT2D eigenvalue weighted by molar-refractivity contribution is 7.89. The third-order valence-corrected chi connectivity index (χ3v) is 6.92. The molecule has 1 heterocycles. The molecule has 1 fully saturated rings.